The molecular weight excluding hydrogens is 338 g/mol. The van der Waals surface area contributed by atoms with Crippen LogP contribution in [0.15, 0.2) is 64.8 Å². The molecule has 0 bridgehead atoms. The van der Waals surface area contributed by atoms with Crippen molar-refractivity contribution in [2.75, 3.05) is 24.6 Å². The highest BCUT2D eigenvalue weighted by molar-refractivity contribution is 6.06. The number of benzene rings is 2. The number of hydrogen-bond acceptors (Lipinski definition) is 4. The molecule has 1 aliphatic rings. The number of hydrogen-bond donors (Lipinski definition) is 1. The van der Waals surface area contributed by atoms with E-state index in [0.29, 0.717) is 25.1 Å². The Balaban J connectivity index is 2.09. The van der Waals surface area contributed by atoms with Crippen LogP contribution < -0.4 is 4.90 Å². The van der Waals surface area contributed by atoms with Crippen LogP contribution in [0, 0.1) is 0 Å². The molecule has 0 saturated heterocycles. The van der Waals surface area contributed by atoms with Gasteiger partial charge in [-0.2, -0.15) is 10.2 Å². The van der Waals surface area contributed by atoms with Gasteiger partial charge in [-0.15, -0.1) is 0 Å². The molecule has 2 aromatic rings. The zero-order valence-electron chi connectivity index (χ0n) is 16.2. The van der Waals surface area contributed by atoms with Gasteiger partial charge in [0.05, 0.1) is 19.7 Å². The molecule has 1 N–H and O–H groups in total. The van der Waals surface area contributed by atoms with Crippen LogP contribution >= 0.6 is 0 Å². The number of aliphatic hydroxyl groups excluding tert-OH is 1. The lowest BCUT2D eigenvalue weighted by molar-refractivity contribution is 0.0973. The quantitative estimate of drug-likeness (QED) is 0.862. The van der Waals surface area contributed by atoms with Gasteiger partial charge in [0, 0.05) is 11.3 Å². The first kappa shape index (κ1) is 19.2. The van der Waals surface area contributed by atoms with Gasteiger partial charge in [0.1, 0.15) is 5.54 Å². The van der Waals surface area contributed by atoms with Crippen LogP contribution in [0.25, 0.3) is 0 Å². The van der Waals surface area contributed by atoms with E-state index in [4.69, 9.17) is 0 Å². The number of aliphatic hydroxyl groups is 1. The number of carbonyl (C=O) groups excluding carboxylic acids is 1. The number of carbonyl (C=O) groups is 1. The van der Waals surface area contributed by atoms with E-state index in [-0.39, 0.29) is 17.9 Å². The minimum Gasteiger partial charge on any atom is -0.394 e. The summed E-state index contributed by atoms with van der Waals surface area (Å²) in [6.45, 7) is 7.14. The summed E-state index contributed by atoms with van der Waals surface area (Å²) in [5.41, 5.74) is 1.68. The smallest absolute Gasteiger partial charge is 0.258 e. The lowest BCUT2D eigenvalue weighted by atomic mass is 9.85. The Kier molecular flexibility index (Phi) is 5.42. The summed E-state index contributed by atoms with van der Waals surface area (Å²) >= 11 is 0. The van der Waals surface area contributed by atoms with Gasteiger partial charge >= 0.3 is 0 Å². The largest absolute Gasteiger partial charge is 0.394 e. The molecule has 0 spiro atoms. The van der Waals surface area contributed by atoms with Crippen LogP contribution in [0.3, 0.4) is 0 Å². The van der Waals surface area contributed by atoms with Gasteiger partial charge in [0.2, 0.25) is 0 Å². The third-order valence-electron chi connectivity index (χ3n) is 4.98. The second kappa shape index (κ2) is 7.61. The van der Waals surface area contributed by atoms with Crippen molar-refractivity contribution in [2.45, 2.75) is 38.1 Å². The Morgan fingerprint density at radius 3 is 2.37 bits per heavy atom. The van der Waals surface area contributed by atoms with Gasteiger partial charge in [-0.1, -0.05) is 57.2 Å². The SMILES string of the molecule is CC(C)(C)c1ccccc1N(C[C@@]1(CO)CCN=N1)C(=O)c1ccccc1. The Hall–Kier alpha value is -2.53. The molecule has 0 aliphatic carbocycles. The van der Waals surface area contributed by atoms with Gasteiger partial charge in [-0.05, 0) is 35.6 Å². The molecule has 1 atom stereocenters. The van der Waals surface area contributed by atoms with Crippen molar-refractivity contribution in [1.29, 1.82) is 0 Å². The second-order valence-electron chi connectivity index (χ2n) is 8.12. The summed E-state index contributed by atoms with van der Waals surface area (Å²) in [6.07, 6.45) is 0.639. The number of amides is 1. The predicted octanol–water partition coefficient (Wildman–Crippen LogP) is 4.22. The lowest BCUT2D eigenvalue weighted by Crippen LogP contribution is -2.47. The Bertz CT molecular complexity index is 827. The van der Waals surface area contributed by atoms with Crippen LogP contribution in [0.5, 0.6) is 0 Å². The molecule has 2 aromatic carbocycles. The van der Waals surface area contributed by atoms with Crippen LogP contribution in [0.4, 0.5) is 5.69 Å². The fourth-order valence-corrected chi connectivity index (χ4v) is 3.42. The van der Waals surface area contributed by atoms with E-state index in [0.717, 1.165) is 11.3 Å². The van der Waals surface area contributed by atoms with Crippen LogP contribution in [0.2, 0.25) is 0 Å². The zero-order chi connectivity index (χ0) is 19.5. The predicted molar refractivity (Wildman–Crippen MR) is 107 cm³/mol. The molecule has 1 amide bonds. The second-order valence-corrected chi connectivity index (χ2v) is 8.12. The third-order valence-corrected chi connectivity index (χ3v) is 4.98. The molecule has 27 heavy (non-hydrogen) atoms. The van der Waals surface area contributed by atoms with E-state index in [1.54, 1.807) is 4.90 Å². The Morgan fingerprint density at radius 1 is 1.11 bits per heavy atom. The fraction of sp³-hybridized carbons (Fsp3) is 0.409. The summed E-state index contributed by atoms with van der Waals surface area (Å²) in [4.78, 5) is 15.2. The van der Waals surface area contributed by atoms with Gasteiger partial charge in [-0.3, -0.25) is 4.79 Å². The number of rotatable bonds is 5. The van der Waals surface area contributed by atoms with Gasteiger partial charge < -0.3 is 10.0 Å². The van der Waals surface area contributed by atoms with E-state index < -0.39 is 5.54 Å². The van der Waals surface area contributed by atoms with Crippen LogP contribution in [0.1, 0.15) is 43.1 Å². The maximum absolute atomic E-state index is 13.4. The Labute approximate surface area is 160 Å². The first-order valence-corrected chi connectivity index (χ1v) is 9.32. The van der Waals surface area contributed by atoms with E-state index in [2.05, 4.69) is 37.1 Å². The maximum atomic E-state index is 13.4. The van der Waals surface area contributed by atoms with E-state index in [1.807, 2.05) is 48.5 Å². The van der Waals surface area contributed by atoms with Gasteiger partial charge in [0.15, 0.2) is 0 Å². The molecular formula is C22H27N3O2. The highest BCUT2D eigenvalue weighted by Crippen LogP contribution is 2.35. The van der Waals surface area contributed by atoms with Gasteiger partial charge in [-0.25, -0.2) is 0 Å². The van der Waals surface area contributed by atoms with Crippen molar-refractivity contribution < 1.29 is 9.90 Å². The fourth-order valence-electron chi connectivity index (χ4n) is 3.42. The van der Waals surface area contributed by atoms with Crippen molar-refractivity contribution in [3.05, 3.63) is 65.7 Å². The average Bonchev–Trinajstić information content (AvgIpc) is 3.15. The first-order chi connectivity index (χ1) is 12.9. The molecule has 5 heteroatoms. The molecule has 1 heterocycles. The molecule has 0 aromatic heterocycles. The molecule has 0 unspecified atom stereocenters. The summed E-state index contributed by atoms with van der Waals surface area (Å²) < 4.78 is 0. The van der Waals surface area contributed by atoms with Gasteiger partial charge in [0.25, 0.3) is 5.91 Å². The average molecular weight is 365 g/mol. The summed E-state index contributed by atoms with van der Waals surface area (Å²) in [6, 6.07) is 17.2. The lowest BCUT2D eigenvalue weighted by Gasteiger charge is -2.34. The first-order valence-electron chi connectivity index (χ1n) is 9.32. The molecule has 1 aliphatic heterocycles. The number of nitrogens with zero attached hydrogens (tertiary/aromatic N) is 3. The third kappa shape index (κ3) is 4.08. The number of anilines is 1. The monoisotopic (exact) mass is 365 g/mol. The number of para-hydroxylation sites is 1. The summed E-state index contributed by atoms with van der Waals surface area (Å²) in [7, 11) is 0. The van der Waals surface area contributed by atoms with Crippen molar-refractivity contribution in [2.24, 2.45) is 10.2 Å². The highest BCUT2D eigenvalue weighted by atomic mass is 16.3. The topological polar surface area (TPSA) is 65.3 Å². The van der Waals surface area contributed by atoms with Crippen molar-refractivity contribution in [3.63, 3.8) is 0 Å². The van der Waals surface area contributed by atoms with E-state index >= 15 is 0 Å². The van der Waals surface area contributed by atoms with E-state index in [1.165, 1.54) is 0 Å². The summed E-state index contributed by atoms with van der Waals surface area (Å²) in [5.74, 6) is -0.0952. The molecule has 0 fully saturated rings. The summed E-state index contributed by atoms with van der Waals surface area (Å²) in [5, 5.41) is 18.4. The minimum absolute atomic E-state index is 0.0952. The minimum atomic E-state index is -0.741. The number of azo groups is 1. The van der Waals surface area contributed by atoms with E-state index in [9.17, 15) is 9.90 Å². The van der Waals surface area contributed by atoms with Crippen molar-refractivity contribution in [3.8, 4) is 0 Å². The molecule has 0 radical (unpaired) electrons. The highest BCUT2D eigenvalue weighted by Gasteiger charge is 2.38. The van der Waals surface area contributed by atoms with Crippen molar-refractivity contribution >= 4 is 11.6 Å². The van der Waals surface area contributed by atoms with Crippen LogP contribution in [-0.4, -0.2) is 36.2 Å². The van der Waals surface area contributed by atoms with Crippen LogP contribution in [-0.2, 0) is 5.41 Å². The zero-order valence-corrected chi connectivity index (χ0v) is 16.2. The van der Waals surface area contributed by atoms with Crippen molar-refractivity contribution in [1.82, 2.24) is 0 Å². The maximum Gasteiger partial charge on any atom is 0.258 e. The molecule has 3 rings (SSSR count). The molecule has 142 valence electrons. The Morgan fingerprint density at radius 2 is 1.78 bits per heavy atom. The molecule has 5 nitrogen and oxygen atoms in total. The standard InChI is InChI=1S/C22H27N3O2/c1-21(2,3)18-11-7-8-12-19(18)25(15-22(16-26)13-14-23-24-22)20(27)17-9-5-4-6-10-17/h4-12,26H,13-16H2,1-3H3/t22-/m1/s1. The molecule has 0 saturated carbocycles. The normalized spacial score (nSPS) is 19.3.